The van der Waals surface area contributed by atoms with Crippen molar-refractivity contribution in [3.8, 4) is 0 Å². The molecule has 0 bridgehead atoms. The monoisotopic (exact) mass is 269 g/mol. The van der Waals surface area contributed by atoms with Crippen molar-refractivity contribution >= 4 is 28.3 Å². The third-order valence-corrected chi connectivity index (χ3v) is 2.70. The second-order valence-corrected chi connectivity index (χ2v) is 4.10. The molecule has 0 atom stereocenters. The van der Waals surface area contributed by atoms with Crippen LogP contribution in [-0.4, -0.2) is 18.5 Å². The number of nitrogens with one attached hydrogen (secondary N) is 1. The molecule has 0 fully saturated rings. The van der Waals surface area contributed by atoms with Gasteiger partial charge in [-0.1, -0.05) is 36.4 Å². The highest BCUT2D eigenvalue weighted by Gasteiger charge is 2.03. The molecule has 4 heteroatoms. The topological polar surface area (TPSA) is 55.4 Å². The summed E-state index contributed by atoms with van der Waals surface area (Å²) in [5.74, 6) is -0.894. The van der Waals surface area contributed by atoms with Crippen LogP contribution in [0.15, 0.2) is 54.6 Å². The fourth-order valence-corrected chi connectivity index (χ4v) is 1.84. The molecule has 20 heavy (non-hydrogen) atoms. The summed E-state index contributed by atoms with van der Waals surface area (Å²) < 4.78 is 4.71. The molecular formula is C16H15NO3. The minimum absolute atomic E-state index is 0.286. The van der Waals surface area contributed by atoms with Gasteiger partial charge < -0.3 is 10.1 Å². The van der Waals surface area contributed by atoms with E-state index in [1.807, 2.05) is 42.5 Å². The van der Waals surface area contributed by atoms with Crippen molar-refractivity contribution in [3.63, 3.8) is 0 Å². The molecule has 0 spiro atoms. The molecule has 102 valence electrons. The molecule has 2 aromatic carbocycles. The van der Waals surface area contributed by atoms with Gasteiger partial charge in [-0.2, -0.15) is 0 Å². The van der Waals surface area contributed by atoms with Crippen molar-refractivity contribution in [3.05, 3.63) is 54.6 Å². The number of hydrogen-bond donors (Lipinski definition) is 1. The van der Waals surface area contributed by atoms with Gasteiger partial charge in [0.15, 0.2) is 0 Å². The largest absolute Gasteiger partial charge is 0.463 e. The molecule has 1 amide bonds. The van der Waals surface area contributed by atoms with E-state index < -0.39 is 5.97 Å². The van der Waals surface area contributed by atoms with Crippen LogP contribution < -0.4 is 5.32 Å². The maximum absolute atomic E-state index is 11.8. The third kappa shape index (κ3) is 3.45. The van der Waals surface area contributed by atoms with E-state index in [0.717, 1.165) is 16.8 Å². The van der Waals surface area contributed by atoms with E-state index in [-0.39, 0.29) is 12.5 Å². The van der Waals surface area contributed by atoms with Crippen LogP contribution in [0, 0.1) is 0 Å². The Morgan fingerprint density at radius 3 is 2.65 bits per heavy atom. The van der Waals surface area contributed by atoms with Crippen LogP contribution in [0.1, 0.15) is 6.92 Å². The summed E-state index contributed by atoms with van der Waals surface area (Å²) in [5.41, 5.74) is 0.710. The summed E-state index contributed by atoms with van der Waals surface area (Å²) in [4.78, 5) is 22.9. The Hall–Kier alpha value is -2.62. The normalized spacial score (nSPS) is 10.7. The van der Waals surface area contributed by atoms with Gasteiger partial charge in [0.05, 0.1) is 6.61 Å². The van der Waals surface area contributed by atoms with Crippen LogP contribution in [-0.2, 0) is 14.3 Å². The number of amides is 1. The first-order valence-corrected chi connectivity index (χ1v) is 6.34. The second-order valence-electron chi connectivity index (χ2n) is 4.10. The zero-order valence-electron chi connectivity index (χ0n) is 11.1. The number of benzene rings is 2. The molecule has 1 N–H and O–H groups in total. The Labute approximate surface area is 117 Å². The van der Waals surface area contributed by atoms with Crippen molar-refractivity contribution in [1.29, 1.82) is 0 Å². The molecule has 0 radical (unpaired) electrons. The molecule has 2 aromatic rings. The number of carbonyl (C=O) groups excluding carboxylic acids is 2. The number of carbonyl (C=O) groups is 2. The van der Waals surface area contributed by atoms with E-state index in [1.54, 1.807) is 6.92 Å². The van der Waals surface area contributed by atoms with Gasteiger partial charge in [-0.25, -0.2) is 4.79 Å². The average Bonchev–Trinajstić information content (AvgIpc) is 2.46. The molecular weight excluding hydrogens is 254 g/mol. The maximum atomic E-state index is 11.8. The second kappa shape index (κ2) is 6.52. The molecule has 0 aliphatic rings. The van der Waals surface area contributed by atoms with Crippen LogP contribution in [0.2, 0.25) is 0 Å². The lowest BCUT2D eigenvalue weighted by Gasteiger charge is -2.06. The van der Waals surface area contributed by atoms with Crippen LogP contribution in [0.5, 0.6) is 0 Å². The van der Waals surface area contributed by atoms with Gasteiger partial charge in [0.1, 0.15) is 0 Å². The third-order valence-electron chi connectivity index (χ3n) is 2.70. The van der Waals surface area contributed by atoms with Gasteiger partial charge in [-0.3, -0.25) is 4.79 Å². The van der Waals surface area contributed by atoms with Crippen molar-refractivity contribution in [2.24, 2.45) is 0 Å². The predicted octanol–water partition coefficient (Wildman–Crippen LogP) is 2.90. The first-order chi connectivity index (χ1) is 9.70. The molecule has 0 aliphatic heterocycles. The van der Waals surface area contributed by atoms with E-state index in [1.165, 1.54) is 6.08 Å². The average molecular weight is 269 g/mol. The molecule has 0 saturated carbocycles. The zero-order valence-corrected chi connectivity index (χ0v) is 11.1. The number of anilines is 1. The lowest BCUT2D eigenvalue weighted by atomic mass is 10.1. The molecule has 0 saturated heterocycles. The molecule has 0 aromatic heterocycles. The maximum Gasteiger partial charge on any atom is 0.330 e. The Balaban J connectivity index is 2.12. The van der Waals surface area contributed by atoms with Crippen LogP contribution >= 0.6 is 0 Å². The summed E-state index contributed by atoms with van der Waals surface area (Å²) in [5, 5.41) is 4.74. The fourth-order valence-electron chi connectivity index (χ4n) is 1.84. The minimum Gasteiger partial charge on any atom is -0.463 e. The van der Waals surface area contributed by atoms with Crippen LogP contribution in [0.4, 0.5) is 5.69 Å². The summed E-state index contributed by atoms with van der Waals surface area (Å²) in [6.45, 7) is 2.00. The minimum atomic E-state index is -0.527. The van der Waals surface area contributed by atoms with Crippen molar-refractivity contribution in [2.75, 3.05) is 11.9 Å². The standard InChI is InChI=1S/C16H15NO3/c1-2-20-16(19)11-10-15(18)17-14-9-5-7-12-6-3-4-8-13(12)14/h3-11H,2H2,1H3,(H,17,18). The Kier molecular flexibility index (Phi) is 4.50. The van der Waals surface area contributed by atoms with Crippen LogP contribution in [0.3, 0.4) is 0 Å². The van der Waals surface area contributed by atoms with Crippen molar-refractivity contribution < 1.29 is 14.3 Å². The lowest BCUT2D eigenvalue weighted by Crippen LogP contribution is -2.09. The summed E-state index contributed by atoms with van der Waals surface area (Å²) >= 11 is 0. The van der Waals surface area contributed by atoms with E-state index in [0.29, 0.717) is 5.69 Å². The first-order valence-electron chi connectivity index (χ1n) is 6.34. The predicted molar refractivity (Wildman–Crippen MR) is 78.4 cm³/mol. The van der Waals surface area contributed by atoms with E-state index in [4.69, 9.17) is 4.74 Å². The van der Waals surface area contributed by atoms with Crippen molar-refractivity contribution in [2.45, 2.75) is 6.92 Å². The van der Waals surface area contributed by atoms with Gasteiger partial charge in [0.2, 0.25) is 5.91 Å². The molecule has 0 heterocycles. The highest BCUT2D eigenvalue weighted by Crippen LogP contribution is 2.22. The quantitative estimate of drug-likeness (QED) is 0.686. The number of esters is 1. The smallest absolute Gasteiger partial charge is 0.330 e. The van der Waals surface area contributed by atoms with Gasteiger partial charge >= 0.3 is 5.97 Å². The van der Waals surface area contributed by atoms with Crippen LogP contribution in [0.25, 0.3) is 10.8 Å². The molecule has 4 nitrogen and oxygen atoms in total. The number of hydrogen-bond acceptors (Lipinski definition) is 3. The highest BCUT2D eigenvalue weighted by molar-refractivity contribution is 6.07. The highest BCUT2D eigenvalue weighted by atomic mass is 16.5. The van der Waals surface area contributed by atoms with Gasteiger partial charge in [-0.15, -0.1) is 0 Å². The van der Waals surface area contributed by atoms with Gasteiger partial charge in [0, 0.05) is 23.2 Å². The Morgan fingerprint density at radius 1 is 1.10 bits per heavy atom. The van der Waals surface area contributed by atoms with Crippen molar-refractivity contribution in [1.82, 2.24) is 0 Å². The summed E-state index contributed by atoms with van der Waals surface area (Å²) in [6, 6.07) is 13.4. The van der Waals surface area contributed by atoms with Gasteiger partial charge in [0.25, 0.3) is 0 Å². The summed E-state index contributed by atoms with van der Waals surface area (Å²) in [6.07, 6.45) is 2.28. The number of fused-ring (bicyclic) bond motifs is 1. The zero-order chi connectivity index (χ0) is 14.4. The first kappa shape index (κ1) is 13.8. The van der Waals surface area contributed by atoms with E-state index in [9.17, 15) is 9.59 Å². The van der Waals surface area contributed by atoms with E-state index in [2.05, 4.69) is 5.32 Å². The summed E-state index contributed by atoms with van der Waals surface area (Å²) in [7, 11) is 0. The molecule has 0 unspecified atom stereocenters. The SMILES string of the molecule is CCOC(=O)C=CC(=O)Nc1cccc2ccccc12. The number of rotatable bonds is 4. The van der Waals surface area contributed by atoms with E-state index >= 15 is 0 Å². The number of ether oxygens (including phenoxy) is 1. The Bertz CT molecular complexity index is 656. The Morgan fingerprint density at radius 2 is 1.85 bits per heavy atom. The fraction of sp³-hybridized carbons (Fsp3) is 0.125. The van der Waals surface area contributed by atoms with Gasteiger partial charge in [-0.05, 0) is 18.4 Å². The lowest BCUT2D eigenvalue weighted by molar-refractivity contribution is -0.137. The molecule has 0 aliphatic carbocycles. The molecule has 2 rings (SSSR count).